The summed E-state index contributed by atoms with van der Waals surface area (Å²) in [5, 5.41) is 2.10. The van der Waals surface area contributed by atoms with E-state index >= 15 is 0 Å². The monoisotopic (exact) mass is 300 g/mol. The standard InChI is InChI=1S/C15H20N6O/c1-20-7-9-21(10-8-20)19-14-13(16)15(18-11-17-14)22-12-5-3-2-4-6-12/h2-6,11H,7-10,16H2,1H3,(H,17,18,19). The molecule has 1 aromatic carbocycles. The highest BCUT2D eigenvalue weighted by molar-refractivity contribution is 5.66. The van der Waals surface area contributed by atoms with E-state index in [4.69, 9.17) is 10.5 Å². The number of nitrogens with zero attached hydrogens (tertiary/aromatic N) is 4. The van der Waals surface area contributed by atoms with Crippen LogP contribution in [0.4, 0.5) is 11.5 Å². The highest BCUT2D eigenvalue weighted by atomic mass is 16.5. The van der Waals surface area contributed by atoms with Crippen LogP contribution in [-0.4, -0.2) is 53.1 Å². The van der Waals surface area contributed by atoms with Crippen molar-refractivity contribution in [2.75, 3.05) is 44.4 Å². The van der Waals surface area contributed by atoms with E-state index in [1.807, 2.05) is 30.3 Å². The number of rotatable bonds is 4. The minimum absolute atomic E-state index is 0.359. The molecule has 7 nitrogen and oxygen atoms in total. The molecule has 0 saturated carbocycles. The number of nitrogen functional groups attached to an aromatic ring is 1. The molecule has 0 atom stereocenters. The van der Waals surface area contributed by atoms with E-state index in [1.54, 1.807) is 0 Å². The van der Waals surface area contributed by atoms with Gasteiger partial charge in [0.1, 0.15) is 17.8 Å². The van der Waals surface area contributed by atoms with Crippen LogP contribution in [0.5, 0.6) is 11.6 Å². The Morgan fingerprint density at radius 3 is 2.55 bits per heavy atom. The predicted octanol–water partition coefficient (Wildman–Crippen LogP) is 1.43. The third kappa shape index (κ3) is 3.44. The average Bonchev–Trinajstić information content (AvgIpc) is 2.54. The molecule has 1 fully saturated rings. The Morgan fingerprint density at radius 1 is 1.09 bits per heavy atom. The molecule has 3 N–H and O–H groups in total. The van der Waals surface area contributed by atoms with Crippen LogP contribution in [0.25, 0.3) is 0 Å². The molecule has 116 valence electrons. The molecule has 0 spiro atoms. The van der Waals surface area contributed by atoms with Crippen molar-refractivity contribution in [1.29, 1.82) is 0 Å². The maximum atomic E-state index is 6.13. The molecule has 0 aliphatic carbocycles. The van der Waals surface area contributed by atoms with Crippen molar-refractivity contribution in [1.82, 2.24) is 19.9 Å². The minimum atomic E-state index is 0.359. The third-order valence-electron chi connectivity index (χ3n) is 3.57. The van der Waals surface area contributed by atoms with Crippen molar-refractivity contribution in [3.63, 3.8) is 0 Å². The number of aromatic nitrogens is 2. The van der Waals surface area contributed by atoms with E-state index in [9.17, 15) is 0 Å². The van der Waals surface area contributed by atoms with Crippen LogP contribution in [0, 0.1) is 0 Å². The molecular formula is C15H20N6O. The molecule has 3 rings (SSSR count). The number of nitrogens with two attached hydrogens (primary N) is 1. The Labute approximate surface area is 129 Å². The first-order chi connectivity index (χ1) is 10.7. The number of hydrogen-bond acceptors (Lipinski definition) is 7. The van der Waals surface area contributed by atoms with Crippen molar-refractivity contribution < 1.29 is 4.74 Å². The quantitative estimate of drug-likeness (QED) is 0.884. The molecule has 0 radical (unpaired) electrons. The number of hydrazine groups is 1. The normalized spacial score (nSPS) is 16.4. The molecule has 2 heterocycles. The number of nitrogens with one attached hydrogen (secondary N) is 1. The Kier molecular flexibility index (Phi) is 4.36. The molecule has 0 bridgehead atoms. The van der Waals surface area contributed by atoms with Gasteiger partial charge < -0.3 is 20.8 Å². The Morgan fingerprint density at radius 2 is 1.82 bits per heavy atom. The summed E-state index contributed by atoms with van der Waals surface area (Å²) in [5.74, 6) is 1.63. The largest absolute Gasteiger partial charge is 0.437 e. The van der Waals surface area contributed by atoms with Crippen LogP contribution in [0.1, 0.15) is 0 Å². The van der Waals surface area contributed by atoms with Gasteiger partial charge in [-0.05, 0) is 19.2 Å². The first-order valence-electron chi connectivity index (χ1n) is 7.26. The summed E-state index contributed by atoms with van der Waals surface area (Å²) in [6, 6.07) is 9.44. The molecule has 0 unspecified atom stereocenters. The topological polar surface area (TPSA) is 79.5 Å². The minimum Gasteiger partial charge on any atom is -0.437 e. The van der Waals surface area contributed by atoms with Gasteiger partial charge in [0.05, 0.1) is 0 Å². The second-order valence-corrected chi connectivity index (χ2v) is 5.26. The molecule has 2 aromatic rings. The van der Waals surface area contributed by atoms with E-state index < -0.39 is 0 Å². The van der Waals surface area contributed by atoms with Gasteiger partial charge in [-0.2, -0.15) is 4.98 Å². The maximum Gasteiger partial charge on any atom is 0.248 e. The Balaban J connectivity index is 1.71. The van der Waals surface area contributed by atoms with Gasteiger partial charge in [-0.3, -0.25) is 0 Å². The van der Waals surface area contributed by atoms with Gasteiger partial charge in [-0.15, -0.1) is 0 Å². The lowest BCUT2D eigenvalue weighted by Crippen LogP contribution is -2.47. The fraction of sp³-hybridized carbons (Fsp3) is 0.333. The molecule has 22 heavy (non-hydrogen) atoms. The van der Waals surface area contributed by atoms with Crippen LogP contribution in [0.2, 0.25) is 0 Å². The lowest BCUT2D eigenvalue weighted by molar-refractivity contribution is 0.178. The van der Waals surface area contributed by atoms with Crippen molar-refractivity contribution in [2.45, 2.75) is 0 Å². The van der Waals surface area contributed by atoms with Crippen molar-refractivity contribution in [2.24, 2.45) is 0 Å². The summed E-state index contributed by atoms with van der Waals surface area (Å²) < 4.78 is 5.71. The lowest BCUT2D eigenvalue weighted by atomic mass is 10.3. The van der Waals surface area contributed by atoms with E-state index in [1.165, 1.54) is 6.33 Å². The first kappa shape index (κ1) is 14.6. The number of likely N-dealkylation sites (N-methyl/N-ethyl adjacent to an activating group) is 1. The van der Waals surface area contributed by atoms with Crippen LogP contribution < -0.4 is 15.9 Å². The summed E-state index contributed by atoms with van der Waals surface area (Å²) in [4.78, 5) is 10.6. The summed E-state index contributed by atoms with van der Waals surface area (Å²) in [5.41, 5.74) is 9.78. The SMILES string of the molecule is CN1CCN(Nc2ncnc(Oc3ccccc3)c2N)CC1. The molecule has 1 saturated heterocycles. The number of ether oxygens (including phenoxy) is 1. The molecule has 1 aromatic heterocycles. The Bertz CT molecular complexity index is 613. The smallest absolute Gasteiger partial charge is 0.248 e. The number of hydrogen-bond donors (Lipinski definition) is 2. The molecule has 0 amide bonds. The number of anilines is 2. The summed E-state index contributed by atoms with van der Waals surface area (Å²) in [7, 11) is 2.11. The van der Waals surface area contributed by atoms with Gasteiger partial charge in [0, 0.05) is 26.2 Å². The van der Waals surface area contributed by atoms with Gasteiger partial charge in [0.15, 0.2) is 5.82 Å². The highest BCUT2D eigenvalue weighted by Crippen LogP contribution is 2.29. The van der Waals surface area contributed by atoms with Gasteiger partial charge >= 0.3 is 0 Å². The molecular weight excluding hydrogens is 280 g/mol. The second kappa shape index (κ2) is 6.59. The number of benzene rings is 1. The van der Waals surface area contributed by atoms with Crippen molar-refractivity contribution in [3.05, 3.63) is 36.7 Å². The summed E-state index contributed by atoms with van der Waals surface area (Å²) in [6.45, 7) is 3.83. The second-order valence-electron chi connectivity index (χ2n) is 5.26. The van der Waals surface area contributed by atoms with Gasteiger partial charge in [0.2, 0.25) is 5.88 Å². The molecule has 1 aliphatic heterocycles. The van der Waals surface area contributed by atoms with E-state index in [0.29, 0.717) is 23.1 Å². The van der Waals surface area contributed by atoms with Gasteiger partial charge in [0.25, 0.3) is 0 Å². The van der Waals surface area contributed by atoms with Crippen molar-refractivity contribution in [3.8, 4) is 11.6 Å². The van der Waals surface area contributed by atoms with Crippen LogP contribution in [-0.2, 0) is 0 Å². The fourth-order valence-electron chi connectivity index (χ4n) is 2.22. The van der Waals surface area contributed by atoms with E-state index in [2.05, 4.69) is 32.4 Å². The van der Waals surface area contributed by atoms with Crippen molar-refractivity contribution >= 4 is 11.5 Å². The van der Waals surface area contributed by atoms with Gasteiger partial charge in [-0.25, -0.2) is 9.99 Å². The Hall–Kier alpha value is -2.38. The molecule has 7 heteroatoms. The average molecular weight is 300 g/mol. The summed E-state index contributed by atoms with van der Waals surface area (Å²) >= 11 is 0. The van der Waals surface area contributed by atoms with Gasteiger partial charge in [-0.1, -0.05) is 18.2 Å². The number of piperazine rings is 1. The first-order valence-corrected chi connectivity index (χ1v) is 7.26. The maximum absolute atomic E-state index is 6.13. The fourth-order valence-corrected chi connectivity index (χ4v) is 2.22. The third-order valence-corrected chi connectivity index (χ3v) is 3.57. The highest BCUT2D eigenvalue weighted by Gasteiger charge is 2.17. The molecule has 1 aliphatic rings. The van der Waals surface area contributed by atoms with Crippen LogP contribution in [0.3, 0.4) is 0 Å². The van der Waals surface area contributed by atoms with Crippen LogP contribution in [0.15, 0.2) is 36.7 Å². The zero-order chi connectivity index (χ0) is 15.4. The zero-order valence-corrected chi connectivity index (χ0v) is 12.6. The van der Waals surface area contributed by atoms with E-state index in [-0.39, 0.29) is 0 Å². The summed E-state index contributed by atoms with van der Waals surface area (Å²) in [6.07, 6.45) is 1.45. The lowest BCUT2D eigenvalue weighted by Gasteiger charge is -2.32. The van der Waals surface area contributed by atoms with Crippen LogP contribution >= 0.6 is 0 Å². The van der Waals surface area contributed by atoms with E-state index in [0.717, 1.165) is 26.2 Å². The number of para-hydroxylation sites is 1. The predicted molar refractivity (Wildman–Crippen MR) is 85.7 cm³/mol. The zero-order valence-electron chi connectivity index (χ0n) is 12.6.